The molecular formula is C20H14N6S. The van der Waals surface area contributed by atoms with Crippen LogP contribution in [0.15, 0.2) is 77.5 Å². The lowest BCUT2D eigenvalue weighted by molar-refractivity contribution is 1.10. The normalized spacial score (nSPS) is 13.5. The maximum absolute atomic E-state index is 4.40. The van der Waals surface area contributed by atoms with Crippen LogP contribution in [0.5, 0.6) is 0 Å². The molecule has 0 saturated carbocycles. The van der Waals surface area contributed by atoms with Gasteiger partial charge in [0.05, 0.1) is 32.6 Å². The van der Waals surface area contributed by atoms with Crippen molar-refractivity contribution >= 4 is 22.8 Å². The topological polar surface area (TPSA) is 79.2 Å². The van der Waals surface area contributed by atoms with Gasteiger partial charge in [-0.2, -0.15) is 15.3 Å². The SMILES string of the molecule is c1cncc(C2=NN=C(c3ccc(-c4cc(-c5cccnc5)n[nH]4)s3)C2)c1. The summed E-state index contributed by atoms with van der Waals surface area (Å²) < 4.78 is 0. The van der Waals surface area contributed by atoms with E-state index in [4.69, 9.17) is 0 Å². The van der Waals surface area contributed by atoms with E-state index in [1.165, 1.54) is 0 Å². The molecule has 4 aromatic rings. The fourth-order valence-electron chi connectivity index (χ4n) is 2.93. The molecule has 0 atom stereocenters. The standard InChI is InChI=1S/C20H14N6S/c1-3-13(11-21-7-1)15-9-17(25-23-15)19-5-6-20(27-19)18-10-16(24-26-18)14-4-2-8-22-12-14/h1-9,11-12H,10H2,(H,23,25). The summed E-state index contributed by atoms with van der Waals surface area (Å²) in [5, 5.41) is 16.2. The van der Waals surface area contributed by atoms with Crippen molar-refractivity contribution in [3.8, 4) is 21.8 Å². The Kier molecular flexibility index (Phi) is 3.91. The van der Waals surface area contributed by atoms with Gasteiger partial charge in [-0.3, -0.25) is 15.1 Å². The van der Waals surface area contributed by atoms with E-state index >= 15 is 0 Å². The molecule has 0 fully saturated rings. The predicted molar refractivity (Wildman–Crippen MR) is 107 cm³/mol. The number of aromatic amines is 1. The molecule has 1 aliphatic heterocycles. The van der Waals surface area contributed by atoms with Crippen molar-refractivity contribution in [2.45, 2.75) is 6.42 Å². The van der Waals surface area contributed by atoms with E-state index < -0.39 is 0 Å². The van der Waals surface area contributed by atoms with E-state index in [2.05, 4.69) is 42.5 Å². The van der Waals surface area contributed by atoms with Gasteiger partial charge in [0, 0.05) is 42.3 Å². The van der Waals surface area contributed by atoms with Gasteiger partial charge >= 0.3 is 0 Å². The third-order valence-electron chi connectivity index (χ3n) is 4.31. The van der Waals surface area contributed by atoms with Crippen LogP contribution in [0.3, 0.4) is 0 Å². The van der Waals surface area contributed by atoms with Crippen LogP contribution in [-0.4, -0.2) is 31.6 Å². The highest BCUT2D eigenvalue weighted by molar-refractivity contribution is 7.17. The summed E-state index contributed by atoms with van der Waals surface area (Å²) in [5.41, 5.74) is 5.81. The molecule has 1 N–H and O–H groups in total. The average molecular weight is 370 g/mol. The first-order chi connectivity index (χ1) is 13.4. The van der Waals surface area contributed by atoms with Crippen molar-refractivity contribution in [1.82, 2.24) is 20.2 Å². The molecule has 7 heteroatoms. The Morgan fingerprint density at radius 3 is 2.33 bits per heavy atom. The molecule has 0 amide bonds. The van der Waals surface area contributed by atoms with Crippen LogP contribution >= 0.6 is 11.3 Å². The largest absolute Gasteiger partial charge is 0.276 e. The molecule has 5 heterocycles. The van der Waals surface area contributed by atoms with Gasteiger partial charge in [-0.25, -0.2) is 0 Å². The first-order valence-electron chi connectivity index (χ1n) is 8.47. The molecule has 1 aliphatic rings. The summed E-state index contributed by atoms with van der Waals surface area (Å²) >= 11 is 1.68. The van der Waals surface area contributed by atoms with Crippen molar-refractivity contribution in [2.75, 3.05) is 0 Å². The zero-order valence-corrected chi connectivity index (χ0v) is 15.0. The molecule has 6 nitrogen and oxygen atoms in total. The van der Waals surface area contributed by atoms with E-state index in [1.54, 1.807) is 23.7 Å². The molecular weight excluding hydrogens is 356 g/mol. The highest BCUT2D eigenvalue weighted by Crippen LogP contribution is 2.31. The van der Waals surface area contributed by atoms with E-state index in [0.29, 0.717) is 0 Å². The Morgan fingerprint density at radius 1 is 0.815 bits per heavy atom. The molecule has 0 unspecified atom stereocenters. The van der Waals surface area contributed by atoms with Gasteiger partial charge < -0.3 is 0 Å². The third-order valence-corrected chi connectivity index (χ3v) is 5.48. The second-order valence-electron chi connectivity index (χ2n) is 6.08. The van der Waals surface area contributed by atoms with Crippen molar-refractivity contribution in [3.05, 3.63) is 77.7 Å². The van der Waals surface area contributed by atoms with Gasteiger partial charge in [-0.15, -0.1) is 11.3 Å². The third kappa shape index (κ3) is 3.09. The Labute approximate surface area is 159 Å². The molecule has 27 heavy (non-hydrogen) atoms. The van der Waals surface area contributed by atoms with Gasteiger partial charge in [0.1, 0.15) is 0 Å². The zero-order chi connectivity index (χ0) is 18.1. The number of nitrogens with one attached hydrogen (secondary N) is 1. The van der Waals surface area contributed by atoms with E-state index in [-0.39, 0.29) is 0 Å². The summed E-state index contributed by atoms with van der Waals surface area (Å²) in [7, 11) is 0. The predicted octanol–water partition coefficient (Wildman–Crippen LogP) is 4.19. The second-order valence-corrected chi connectivity index (χ2v) is 7.17. The molecule has 130 valence electrons. The maximum atomic E-state index is 4.40. The summed E-state index contributed by atoms with van der Waals surface area (Å²) in [6.45, 7) is 0. The lowest BCUT2D eigenvalue weighted by atomic mass is 10.1. The quantitative estimate of drug-likeness (QED) is 0.585. The van der Waals surface area contributed by atoms with Crippen LogP contribution in [0.2, 0.25) is 0 Å². The van der Waals surface area contributed by atoms with Crippen molar-refractivity contribution in [3.63, 3.8) is 0 Å². The molecule has 4 aromatic heterocycles. The van der Waals surface area contributed by atoms with Crippen LogP contribution < -0.4 is 0 Å². The second kappa shape index (κ2) is 6.69. The van der Waals surface area contributed by atoms with Crippen LogP contribution in [0.25, 0.3) is 21.8 Å². The first-order valence-corrected chi connectivity index (χ1v) is 9.29. The fraction of sp³-hybridized carbons (Fsp3) is 0.0500. The molecule has 0 bridgehead atoms. The highest BCUT2D eigenvalue weighted by atomic mass is 32.1. The minimum atomic E-state index is 0.718. The minimum Gasteiger partial charge on any atom is -0.276 e. The Balaban J connectivity index is 1.35. The number of hydrogen-bond acceptors (Lipinski definition) is 6. The summed E-state index contributed by atoms with van der Waals surface area (Å²) in [6.07, 6.45) is 7.87. The Hall–Kier alpha value is -3.45. The Bertz CT molecular complexity index is 1140. The highest BCUT2D eigenvalue weighted by Gasteiger charge is 2.18. The molecule has 0 aromatic carbocycles. The Morgan fingerprint density at radius 2 is 1.56 bits per heavy atom. The van der Waals surface area contributed by atoms with Crippen molar-refractivity contribution in [2.24, 2.45) is 10.2 Å². The van der Waals surface area contributed by atoms with Crippen LogP contribution in [0.1, 0.15) is 16.9 Å². The molecule has 5 rings (SSSR count). The molecule has 0 aliphatic carbocycles. The lowest BCUT2D eigenvalue weighted by Gasteiger charge is -1.98. The molecule has 0 spiro atoms. The summed E-state index contributed by atoms with van der Waals surface area (Å²) in [5.74, 6) is 0. The van der Waals surface area contributed by atoms with Gasteiger partial charge in [0.25, 0.3) is 0 Å². The fourth-order valence-corrected chi connectivity index (χ4v) is 3.88. The van der Waals surface area contributed by atoms with Crippen LogP contribution in [0, 0.1) is 0 Å². The van der Waals surface area contributed by atoms with Crippen molar-refractivity contribution < 1.29 is 0 Å². The molecule has 0 radical (unpaired) electrons. The molecule has 0 saturated heterocycles. The van der Waals surface area contributed by atoms with Gasteiger partial charge in [-0.1, -0.05) is 0 Å². The summed E-state index contributed by atoms with van der Waals surface area (Å²) in [6, 6.07) is 14.0. The zero-order valence-electron chi connectivity index (χ0n) is 14.2. The van der Waals surface area contributed by atoms with E-state index in [0.717, 1.165) is 50.1 Å². The monoisotopic (exact) mass is 370 g/mol. The lowest BCUT2D eigenvalue weighted by Crippen LogP contribution is -2.04. The number of aromatic nitrogens is 4. The van der Waals surface area contributed by atoms with Gasteiger partial charge in [0.2, 0.25) is 0 Å². The summed E-state index contributed by atoms with van der Waals surface area (Å²) in [4.78, 5) is 10.5. The minimum absolute atomic E-state index is 0.718. The number of hydrogen-bond donors (Lipinski definition) is 1. The van der Waals surface area contributed by atoms with Gasteiger partial charge in [0.15, 0.2) is 0 Å². The number of thiophene rings is 1. The van der Waals surface area contributed by atoms with E-state index in [9.17, 15) is 0 Å². The van der Waals surface area contributed by atoms with Gasteiger partial charge in [-0.05, 0) is 42.5 Å². The average Bonchev–Trinajstić information content (AvgIpc) is 3.49. The maximum Gasteiger partial charge on any atom is 0.0943 e. The first kappa shape index (κ1) is 15.8. The smallest absolute Gasteiger partial charge is 0.0943 e. The number of H-pyrrole nitrogens is 1. The van der Waals surface area contributed by atoms with Crippen LogP contribution in [-0.2, 0) is 0 Å². The number of pyridine rings is 2. The number of nitrogens with zero attached hydrogens (tertiary/aromatic N) is 5. The number of rotatable bonds is 4. The van der Waals surface area contributed by atoms with Crippen molar-refractivity contribution in [1.29, 1.82) is 0 Å². The van der Waals surface area contributed by atoms with E-state index in [1.807, 2.05) is 42.7 Å². The van der Waals surface area contributed by atoms with Crippen LogP contribution in [0.4, 0.5) is 0 Å².